The number of halogens is 4. The Morgan fingerprint density at radius 1 is 1.03 bits per heavy atom. The molecule has 0 spiro atoms. The summed E-state index contributed by atoms with van der Waals surface area (Å²) in [5.74, 6) is -0.762. The van der Waals surface area contributed by atoms with Gasteiger partial charge in [0, 0.05) is 19.1 Å². The predicted molar refractivity (Wildman–Crippen MR) is 131 cm³/mol. The van der Waals surface area contributed by atoms with E-state index in [-0.39, 0.29) is 42.3 Å². The average Bonchev–Trinajstić information content (AvgIpc) is 3.71. The van der Waals surface area contributed by atoms with Crippen LogP contribution in [0.4, 0.5) is 29.2 Å². The van der Waals surface area contributed by atoms with Gasteiger partial charge in [0.1, 0.15) is 6.33 Å². The van der Waals surface area contributed by atoms with Gasteiger partial charge in [-0.05, 0) is 48.2 Å². The third-order valence-corrected chi connectivity index (χ3v) is 7.92. The highest BCUT2D eigenvalue weighted by molar-refractivity contribution is 7.89. The summed E-state index contributed by atoms with van der Waals surface area (Å²) in [6.07, 6.45) is -1.57. The summed E-state index contributed by atoms with van der Waals surface area (Å²) >= 11 is 0. The molecule has 2 heterocycles. The molecule has 0 amide bonds. The first-order valence-electron chi connectivity index (χ1n) is 12.0. The third-order valence-electron chi connectivity index (χ3n) is 6.39. The van der Waals surface area contributed by atoms with Crippen LogP contribution in [0.1, 0.15) is 35.6 Å². The molecule has 1 saturated carbocycles. The van der Waals surface area contributed by atoms with E-state index in [0.29, 0.717) is 17.7 Å². The lowest BCUT2D eigenvalue weighted by molar-refractivity contribution is -0.137. The number of hydrogen-bond donors (Lipinski definition) is 2. The summed E-state index contributed by atoms with van der Waals surface area (Å²) in [5, 5.41) is 2.91. The van der Waals surface area contributed by atoms with Crippen molar-refractivity contribution in [2.75, 3.05) is 30.0 Å². The molecule has 3 aromatic rings. The van der Waals surface area contributed by atoms with Crippen LogP contribution in [-0.4, -0.2) is 44.2 Å². The number of hydrogen-bond acceptors (Lipinski definition) is 7. The van der Waals surface area contributed by atoms with Crippen LogP contribution in [0.5, 0.6) is 0 Å². The van der Waals surface area contributed by atoms with Crippen molar-refractivity contribution >= 4 is 21.7 Å². The highest BCUT2D eigenvalue weighted by atomic mass is 32.2. The van der Waals surface area contributed by atoms with Crippen LogP contribution in [0, 0.1) is 5.82 Å². The molecule has 1 aliphatic heterocycles. The summed E-state index contributed by atoms with van der Waals surface area (Å²) < 4.78 is 87.3. The van der Waals surface area contributed by atoms with Gasteiger partial charge in [-0.15, -0.1) is 0 Å². The molecule has 5 rings (SSSR count). The van der Waals surface area contributed by atoms with Gasteiger partial charge < -0.3 is 15.0 Å². The van der Waals surface area contributed by atoms with Crippen molar-refractivity contribution in [2.24, 2.45) is 0 Å². The number of alkyl halides is 3. The number of aromatic nitrogens is 2. The highest BCUT2D eigenvalue weighted by Gasteiger charge is 2.33. The van der Waals surface area contributed by atoms with Crippen LogP contribution >= 0.6 is 0 Å². The SMILES string of the molecule is O=S(=O)(NC1CC1)c1ccc(CNc2ncnc(N3CCOC[C@@H]3c3ccc(C(F)(F)F)cc3)c2F)cc1. The van der Waals surface area contributed by atoms with Gasteiger partial charge in [0.25, 0.3) is 0 Å². The predicted octanol–water partition coefficient (Wildman–Crippen LogP) is 4.27. The fraction of sp³-hybridized carbons (Fsp3) is 0.360. The Kier molecular flexibility index (Phi) is 7.25. The molecule has 1 atom stereocenters. The smallest absolute Gasteiger partial charge is 0.377 e. The quantitative estimate of drug-likeness (QED) is 0.404. The molecule has 38 heavy (non-hydrogen) atoms. The zero-order valence-corrected chi connectivity index (χ0v) is 20.9. The maximum absolute atomic E-state index is 15.5. The van der Waals surface area contributed by atoms with E-state index < -0.39 is 33.6 Å². The number of nitrogens with zero attached hydrogens (tertiary/aromatic N) is 3. The van der Waals surface area contributed by atoms with Gasteiger partial charge in [0.05, 0.1) is 29.7 Å². The van der Waals surface area contributed by atoms with Crippen LogP contribution in [0.15, 0.2) is 59.8 Å². The fourth-order valence-electron chi connectivity index (χ4n) is 4.17. The van der Waals surface area contributed by atoms with Crippen molar-refractivity contribution in [1.29, 1.82) is 0 Å². The van der Waals surface area contributed by atoms with E-state index in [1.807, 2.05) is 0 Å². The number of anilines is 2. The van der Waals surface area contributed by atoms with Crippen molar-refractivity contribution in [2.45, 2.75) is 42.5 Å². The second-order valence-corrected chi connectivity index (χ2v) is 10.9. The topological polar surface area (TPSA) is 96.5 Å². The van der Waals surface area contributed by atoms with Crippen molar-refractivity contribution in [3.8, 4) is 0 Å². The van der Waals surface area contributed by atoms with E-state index in [2.05, 4.69) is 20.0 Å². The summed E-state index contributed by atoms with van der Waals surface area (Å²) in [6, 6.07) is 10.4. The van der Waals surface area contributed by atoms with Crippen molar-refractivity contribution in [1.82, 2.24) is 14.7 Å². The fourth-order valence-corrected chi connectivity index (χ4v) is 5.48. The molecule has 202 valence electrons. The molecule has 2 aromatic carbocycles. The van der Waals surface area contributed by atoms with Gasteiger partial charge in [0.15, 0.2) is 11.6 Å². The normalized spacial score (nSPS) is 18.4. The number of nitrogens with one attached hydrogen (secondary N) is 2. The Balaban J connectivity index is 1.30. The zero-order chi connectivity index (χ0) is 26.9. The van der Waals surface area contributed by atoms with Crippen LogP contribution in [0.25, 0.3) is 0 Å². The molecule has 2 fully saturated rings. The van der Waals surface area contributed by atoms with Crippen LogP contribution in [0.3, 0.4) is 0 Å². The minimum atomic E-state index is -4.46. The number of rotatable bonds is 8. The molecule has 0 unspecified atom stereocenters. The molecule has 2 aliphatic rings. The molecule has 8 nitrogen and oxygen atoms in total. The van der Waals surface area contributed by atoms with E-state index in [1.54, 1.807) is 17.0 Å². The van der Waals surface area contributed by atoms with E-state index in [0.717, 1.165) is 25.0 Å². The van der Waals surface area contributed by atoms with Gasteiger partial charge in [-0.25, -0.2) is 23.1 Å². The molecule has 1 saturated heterocycles. The lowest BCUT2D eigenvalue weighted by Crippen LogP contribution is -2.40. The zero-order valence-electron chi connectivity index (χ0n) is 20.1. The highest BCUT2D eigenvalue weighted by Crippen LogP contribution is 2.34. The van der Waals surface area contributed by atoms with Gasteiger partial charge in [-0.3, -0.25) is 0 Å². The Labute approximate surface area is 217 Å². The number of benzene rings is 2. The molecular weight excluding hydrogens is 526 g/mol. The van der Waals surface area contributed by atoms with E-state index in [9.17, 15) is 21.6 Å². The minimum absolute atomic E-state index is 0.00148. The number of morpholine rings is 1. The van der Waals surface area contributed by atoms with Crippen LogP contribution in [-0.2, 0) is 27.5 Å². The van der Waals surface area contributed by atoms with Crippen molar-refractivity contribution < 1.29 is 30.7 Å². The Hall–Kier alpha value is -3.29. The summed E-state index contributed by atoms with van der Waals surface area (Å²) in [6.45, 7) is 0.912. The number of sulfonamides is 1. The average molecular weight is 552 g/mol. The lowest BCUT2D eigenvalue weighted by Gasteiger charge is -2.37. The summed E-state index contributed by atoms with van der Waals surface area (Å²) in [7, 11) is -3.57. The molecule has 2 N–H and O–H groups in total. The van der Waals surface area contributed by atoms with Crippen LogP contribution < -0.4 is 14.9 Å². The largest absolute Gasteiger partial charge is 0.416 e. The first-order valence-corrected chi connectivity index (χ1v) is 13.5. The number of ether oxygens (including phenoxy) is 1. The Bertz CT molecular complexity index is 1380. The standard InChI is InChI=1S/C25H25F4N5O3S/c26-22-23(30-13-16-1-9-20(10-2-16)38(35,36)33-19-7-8-19)31-15-32-24(22)34-11-12-37-14-21(34)17-3-5-18(6-4-17)25(27,28)29/h1-6,9-10,15,19,21,33H,7-8,11-14H2,(H,30,31,32)/t21-/m1/s1. The lowest BCUT2D eigenvalue weighted by atomic mass is 10.0. The van der Waals surface area contributed by atoms with Crippen molar-refractivity contribution in [3.63, 3.8) is 0 Å². The summed E-state index contributed by atoms with van der Waals surface area (Å²) in [5.41, 5.74) is 0.481. The molecule has 13 heteroatoms. The molecule has 1 aromatic heterocycles. The molecular formula is C25H25F4N5O3S. The van der Waals surface area contributed by atoms with Gasteiger partial charge >= 0.3 is 6.18 Å². The summed E-state index contributed by atoms with van der Waals surface area (Å²) in [4.78, 5) is 9.91. The van der Waals surface area contributed by atoms with Gasteiger partial charge in [-0.1, -0.05) is 24.3 Å². The Morgan fingerprint density at radius 3 is 2.39 bits per heavy atom. The molecule has 0 bridgehead atoms. The van der Waals surface area contributed by atoms with E-state index in [1.165, 1.54) is 30.6 Å². The maximum Gasteiger partial charge on any atom is 0.416 e. The molecule has 0 radical (unpaired) electrons. The second-order valence-electron chi connectivity index (χ2n) is 9.16. The van der Waals surface area contributed by atoms with Crippen LogP contribution in [0.2, 0.25) is 0 Å². The second kappa shape index (κ2) is 10.5. The third kappa shape index (κ3) is 5.89. The first-order chi connectivity index (χ1) is 18.1. The molecule has 1 aliphatic carbocycles. The monoisotopic (exact) mass is 551 g/mol. The maximum atomic E-state index is 15.5. The first kappa shape index (κ1) is 26.3. The van der Waals surface area contributed by atoms with Crippen molar-refractivity contribution in [3.05, 3.63) is 77.4 Å². The van der Waals surface area contributed by atoms with E-state index in [4.69, 9.17) is 4.74 Å². The minimum Gasteiger partial charge on any atom is -0.377 e. The van der Waals surface area contributed by atoms with Gasteiger partial charge in [0.2, 0.25) is 15.8 Å². The Morgan fingerprint density at radius 2 is 1.74 bits per heavy atom. The van der Waals surface area contributed by atoms with E-state index >= 15 is 4.39 Å². The van der Waals surface area contributed by atoms with Gasteiger partial charge in [-0.2, -0.15) is 17.6 Å².